The molecule has 0 spiro atoms. The van der Waals surface area contributed by atoms with E-state index in [1.54, 1.807) is 43.3 Å². The summed E-state index contributed by atoms with van der Waals surface area (Å²) in [5.41, 5.74) is 2.13. The highest BCUT2D eigenvalue weighted by Crippen LogP contribution is 2.21. The number of aliphatic carboxylic acids is 2. The Morgan fingerprint density at radius 1 is 1.17 bits per heavy atom. The number of nitrogens with one attached hydrogen (secondary N) is 2. The molecule has 0 fully saturated rings. The van der Waals surface area contributed by atoms with Gasteiger partial charge in [-0.15, -0.1) is 6.42 Å². The molecule has 1 heterocycles. The topological polar surface area (TPSA) is 153 Å². The highest BCUT2D eigenvalue weighted by atomic mass is 16.4. The molecule has 180 valence electrons. The molecule has 0 aliphatic carbocycles. The average Bonchev–Trinajstić information content (AvgIpc) is 2.81. The Bertz CT molecular complexity index is 1360. The van der Waals surface area contributed by atoms with Crippen LogP contribution in [-0.2, 0) is 16.1 Å². The van der Waals surface area contributed by atoms with Crippen LogP contribution >= 0.6 is 0 Å². The largest absolute Gasteiger partial charge is 0.481 e. The van der Waals surface area contributed by atoms with Crippen molar-refractivity contribution in [1.29, 1.82) is 0 Å². The van der Waals surface area contributed by atoms with Gasteiger partial charge in [0.2, 0.25) is 0 Å². The van der Waals surface area contributed by atoms with Gasteiger partial charge in [0.25, 0.3) is 11.5 Å². The second-order valence-electron chi connectivity index (χ2n) is 7.91. The maximum atomic E-state index is 12.4. The molecular formula is C25H24N4O6. The monoisotopic (exact) mass is 476 g/mol. The lowest BCUT2D eigenvalue weighted by Gasteiger charge is -2.23. The highest BCUT2D eigenvalue weighted by molar-refractivity contribution is 5.96. The van der Waals surface area contributed by atoms with Gasteiger partial charge in [-0.05, 0) is 49.2 Å². The summed E-state index contributed by atoms with van der Waals surface area (Å²) in [5.74, 6) is 0.0587. The van der Waals surface area contributed by atoms with E-state index >= 15 is 0 Å². The molecular weight excluding hydrogens is 452 g/mol. The van der Waals surface area contributed by atoms with E-state index in [4.69, 9.17) is 11.5 Å². The van der Waals surface area contributed by atoms with E-state index in [9.17, 15) is 24.3 Å². The van der Waals surface area contributed by atoms with E-state index in [1.165, 1.54) is 0 Å². The Balaban J connectivity index is 1.75. The quantitative estimate of drug-likeness (QED) is 0.324. The maximum absolute atomic E-state index is 12.4. The third-order valence-corrected chi connectivity index (χ3v) is 5.29. The molecule has 35 heavy (non-hydrogen) atoms. The number of hydrogen-bond donors (Lipinski definition) is 4. The van der Waals surface area contributed by atoms with Gasteiger partial charge in [-0.3, -0.25) is 14.4 Å². The third-order valence-electron chi connectivity index (χ3n) is 5.29. The lowest BCUT2D eigenvalue weighted by Crippen LogP contribution is -2.41. The molecule has 1 atom stereocenters. The minimum Gasteiger partial charge on any atom is -0.481 e. The van der Waals surface area contributed by atoms with Crippen molar-refractivity contribution < 1.29 is 24.6 Å². The first-order valence-electron chi connectivity index (χ1n) is 10.7. The number of H-pyrrole nitrogens is 1. The summed E-state index contributed by atoms with van der Waals surface area (Å²) >= 11 is 0. The summed E-state index contributed by atoms with van der Waals surface area (Å²) in [6.07, 6.45) is 4.95. The number of rotatable bonds is 10. The first-order valence-corrected chi connectivity index (χ1v) is 10.7. The third kappa shape index (κ3) is 6.45. The number of carbonyl (C=O) groups is 3. The fourth-order valence-electron chi connectivity index (χ4n) is 3.54. The number of anilines is 1. The number of hydrogen-bond acceptors (Lipinski definition) is 6. The van der Waals surface area contributed by atoms with Crippen molar-refractivity contribution >= 4 is 34.4 Å². The molecule has 0 bridgehead atoms. The minimum atomic E-state index is -1.31. The number of aromatic nitrogens is 2. The van der Waals surface area contributed by atoms with Crippen molar-refractivity contribution in [2.75, 3.05) is 11.4 Å². The zero-order chi connectivity index (χ0) is 25.5. The van der Waals surface area contributed by atoms with E-state index in [2.05, 4.69) is 21.2 Å². The van der Waals surface area contributed by atoms with Crippen molar-refractivity contribution in [3.8, 4) is 12.3 Å². The molecule has 10 heteroatoms. The number of carbonyl (C=O) groups excluding carboxylic acids is 1. The molecule has 3 rings (SSSR count). The predicted molar refractivity (Wildman–Crippen MR) is 129 cm³/mol. The van der Waals surface area contributed by atoms with E-state index < -0.39 is 23.9 Å². The normalized spacial score (nSPS) is 11.4. The summed E-state index contributed by atoms with van der Waals surface area (Å²) in [6.45, 7) is 2.38. The second kappa shape index (κ2) is 11.0. The van der Waals surface area contributed by atoms with Gasteiger partial charge in [0.15, 0.2) is 0 Å². The van der Waals surface area contributed by atoms with Crippen molar-refractivity contribution in [3.05, 3.63) is 69.8 Å². The molecule has 0 saturated carbocycles. The van der Waals surface area contributed by atoms with E-state index in [0.29, 0.717) is 23.3 Å². The molecule has 10 nitrogen and oxygen atoms in total. The molecule has 2 aromatic carbocycles. The van der Waals surface area contributed by atoms with E-state index in [1.807, 2.05) is 11.0 Å². The van der Waals surface area contributed by atoms with Gasteiger partial charge in [-0.1, -0.05) is 18.1 Å². The Hall–Kier alpha value is -4.65. The van der Waals surface area contributed by atoms with Crippen molar-refractivity contribution in [2.45, 2.75) is 32.4 Å². The zero-order valence-corrected chi connectivity index (χ0v) is 18.9. The molecule has 0 aliphatic heterocycles. The Kier molecular flexibility index (Phi) is 7.84. The molecule has 0 aliphatic rings. The number of carboxylic acids is 2. The van der Waals surface area contributed by atoms with Crippen molar-refractivity contribution in [3.63, 3.8) is 0 Å². The van der Waals surface area contributed by atoms with Crippen LogP contribution in [0, 0.1) is 19.3 Å². The van der Waals surface area contributed by atoms with Crippen LogP contribution in [0.1, 0.15) is 34.6 Å². The number of nitrogens with zero attached hydrogens (tertiary/aromatic N) is 2. The van der Waals surface area contributed by atoms with Gasteiger partial charge in [-0.25, -0.2) is 9.78 Å². The van der Waals surface area contributed by atoms with Crippen LogP contribution in [-0.4, -0.2) is 50.6 Å². The van der Waals surface area contributed by atoms with E-state index in [0.717, 1.165) is 11.3 Å². The summed E-state index contributed by atoms with van der Waals surface area (Å²) in [7, 11) is 0. The number of carboxylic acid groups (broad SMARTS) is 2. The predicted octanol–water partition coefficient (Wildman–Crippen LogP) is 1.92. The Morgan fingerprint density at radius 2 is 1.89 bits per heavy atom. The molecule has 1 aromatic heterocycles. The summed E-state index contributed by atoms with van der Waals surface area (Å²) in [6, 6.07) is 10.5. The average molecular weight is 476 g/mol. The van der Waals surface area contributed by atoms with Crippen LogP contribution in [0.5, 0.6) is 0 Å². The Morgan fingerprint density at radius 3 is 2.51 bits per heavy atom. The van der Waals surface area contributed by atoms with Crippen LogP contribution in [0.3, 0.4) is 0 Å². The highest BCUT2D eigenvalue weighted by Gasteiger charge is 2.21. The van der Waals surface area contributed by atoms with Crippen molar-refractivity contribution in [1.82, 2.24) is 15.3 Å². The van der Waals surface area contributed by atoms with Gasteiger partial charge < -0.3 is 25.4 Å². The van der Waals surface area contributed by atoms with Gasteiger partial charge in [0, 0.05) is 24.2 Å². The number of fused-ring (bicyclic) bond motifs is 1. The lowest BCUT2D eigenvalue weighted by atomic mass is 10.1. The molecule has 0 saturated heterocycles. The number of aryl methyl sites for hydroxylation is 1. The molecule has 0 unspecified atom stereocenters. The molecule has 1 amide bonds. The van der Waals surface area contributed by atoms with Gasteiger partial charge in [0.05, 0.1) is 17.4 Å². The summed E-state index contributed by atoms with van der Waals surface area (Å²) in [4.78, 5) is 55.7. The van der Waals surface area contributed by atoms with Crippen LogP contribution in [0.2, 0.25) is 0 Å². The standard InChI is InChI=1S/C25H24N4O6/c1-3-12-29(18-8-9-20-19(13-18)24(33)27-15(2)26-20)14-16-4-6-17(7-5-16)23(32)28-21(25(34)35)10-11-22(30)31/h1,4-9,13,21H,10-12,14H2,2H3,(H,28,32)(H,30,31)(H,34,35)(H,26,27,33)/t21-/m0/s1. The van der Waals surface area contributed by atoms with Gasteiger partial charge >= 0.3 is 11.9 Å². The van der Waals surface area contributed by atoms with Crippen molar-refractivity contribution in [2.24, 2.45) is 0 Å². The van der Waals surface area contributed by atoms with Crippen LogP contribution in [0.25, 0.3) is 10.9 Å². The number of benzene rings is 2. The number of terminal acetylenes is 1. The summed E-state index contributed by atoms with van der Waals surface area (Å²) in [5, 5.41) is 20.8. The Labute approximate surface area is 200 Å². The van der Waals surface area contributed by atoms with Gasteiger partial charge in [-0.2, -0.15) is 0 Å². The molecule has 3 aromatic rings. The van der Waals surface area contributed by atoms with Crippen LogP contribution in [0.15, 0.2) is 47.3 Å². The smallest absolute Gasteiger partial charge is 0.326 e. The zero-order valence-electron chi connectivity index (χ0n) is 18.9. The SMILES string of the molecule is C#CCN(Cc1ccc(C(=O)N[C@@H](CCC(=O)O)C(=O)O)cc1)c1ccc2nc(C)[nH]c(=O)c2c1. The van der Waals surface area contributed by atoms with Crippen LogP contribution < -0.4 is 15.8 Å². The van der Waals surface area contributed by atoms with Crippen LogP contribution in [0.4, 0.5) is 5.69 Å². The first-order chi connectivity index (χ1) is 16.7. The van der Waals surface area contributed by atoms with Gasteiger partial charge in [0.1, 0.15) is 11.9 Å². The molecule has 4 N–H and O–H groups in total. The second-order valence-corrected chi connectivity index (χ2v) is 7.91. The maximum Gasteiger partial charge on any atom is 0.326 e. The number of amides is 1. The number of aromatic amines is 1. The fraction of sp³-hybridized carbons (Fsp3) is 0.240. The summed E-state index contributed by atoms with van der Waals surface area (Å²) < 4.78 is 0. The lowest BCUT2D eigenvalue weighted by molar-refractivity contribution is -0.140. The fourth-order valence-corrected chi connectivity index (χ4v) is 3.54. The molecule has 0 radical (unpaired) electrons. The first kappa shape index (κ1) is 25.0. The van der Waals surface area contributed by atoms with E-state index in [-0.39, 0.29) is 30.5 Å². The minimum absolute atomic E-state index is 0.223.